The van der Waals surface area contributed by atoms with Crippen LogP contribution in [0.3, 0.4) is 0 Å². The number of halogens is 3. The van der Waals surface area contributed by atoms with Crippen LogP contribution in [0.2, 0.25) is 10.0 Å². The molecule has 1 N–H and O–H groups in total. The summed E-state index contributed by atoms with van der Waals surface area (Å²) in [5.74, 6) is -1.50. The number of imide groups is 1. The van der Waals surface area contributed by atoms with Crippen LogP contribution in [0, 0.1) is 3.57 Å². The first-order valence-electron chi connectivity index (χ1n) is 5.95. The van der Waals surface area contributed by atoms with Gasteiger partial charge in [-0.1, -0.05) is 23.2 Å². The molecule has 112 valence electrons. The average Bonchev–Trinajstić information content (AvgIpc) is 2.37. The van der Waals surface area contributed by atoms with Crippen LogP contribution >= 0.6 is 45.8 Å². The fraction of sp³-hybridized carbons (Fsp3) is 0.308. The first-order valence-corrected chi connectivity index (χ1v) is 7.79. The summed E-state index contributed by atoms with van der Waals surface area (Å²) < 4.78 is 0.526. The van der Waals surface area contributed by atoms with E-state index in [1.165, 1.54) is 17.0 Å². The van der Waals surface area contributed by atoms with Crippen molar-refractivity contribution in [1.29, 1.82) is 0 Å². The molecule has 1 saturated heterocycles. The second-order valence-electron chi connectivity index (χ2n) is 5.08. The minimum Gasteiger partial charge on any atom is -0.315 e. The number of carbonyl (C=O) groups excluding carboxylic acids is 3. The molecule has 0 saturated carbocycles. The van der Waals surface area contributed by atoms with Crippen LogP contribution in [0.5, 0.6) is 0 Å². The number of nitrogens with zero attached hydrogens (tertiary/aromatic N) is 1. The Kier molecular flexibility index (Phi) is 4.51. The molecule has 1 aliphatic rings. The number of benzene rings is 1. The van der Waals surface area contributed by atoms with E-state index in [0.29, 0.717) is 13.6 Å². The molecule has 0 radical (unpaired) electrons. The van der Waals surface area contributed by atoms with Gasteiger partial charge in [-0.05, 0) is 48.6 Å². The van der Waals surface area contributed by atoms with Gasteiger partial charge in [0.1, 0.15) is 12.1 Å². The summed E-state index contributed by atoms with van der Waals surface area (Å²) in [7, 11) is 0. The maximum Gasteiger partial charge on any atom is 0.256 e. The SMILES string of the molecule is CC1(C)C(=O)NC(=O)CN1C(=O)c1cc(Cl)cc(Cl)c1I. The molecule has 0 spiro atoms. The Morgan fingerprint density at radius 2 is 1.95 bits per heavy atom. The highest BCUT2D eigenvalue weighted by molar-refractivity contribution is 14.1. The second kappa shape index (κ2) is 5.73. The molecule has 1 fully saturated rings. The summed E-state index contributed by atoms with van der Waals surface area (Å²) in [6.07, 6.45) is 0. The Bertz CT molecular complexity index is 661. The van der Waals surface area contributed by atoms with E-state index in [0.717, 1.165) is 0 Å². The zero-order chi connectivity index (χ0) is 15.9. The quantitative estimate of drug-likeness (QED) is 0.414. The van der Waals surface area contributed by atoms with Gasteiger partial charge in [-0.2, -0.15) is 0 Å². The van der Waals surface area contributed by atoms with Gasteiger partial charge in [0.2, 0.25) is 5.91 Å². The van der Waals surface area contributed by atoms with Crippen LogP contribution in [0.4, 0.5) is 0 Å². The summed E-state index contributed by atoms with van der Waals surface area (Å²) in [5.41, 5.74) is -0.869. The van der Waals surface area contributed by atoms with Crippen molar-refractivity contribution in [2.24, 2.45) is 0 Å². The summed E-state index contributed by atoms with van der Waals surface area (Å²) in [4.78, 5) is 37.4. The predicted molar refractivity (Wildman–Crippen MR) is 87.4 cm³/mol. The molecule has 8 heteroatoms. The van der Waals surface area contributed by atoms with Crippen molar-refractivity contribution in [2.75, 3.05) is 6.54 Å². The fourth-order valence-electron chi connectivity index (χ4n) is 1.97. The minimum atomic E-state index is -1.14. The lowest BCUT2D eigenvalue weighted by Gasteiger charge is -2.40. The third-order valence-corrected chi connectivity index (χ3v) is 5.25. The molecule has 0 bridgehead atoms. The zero-order valence-electron chi connectivity index (χ0n) is 11.2. The number of carbonyl (C=O) groups is 3. The van der Waals surface area contributed by atoms with Crippen LogP contribution in [0.15, 0.2) is 12.1 Å². The Morgan fingerprint density at radius 3 is 2.57 bits per heavy atom. The van der Waals surface area contributed by atoms with Gasteiger partial charge in [0, 0.05) is 8.59 Å². The standard InChI is InChI=1S/C13H11Cl2IN2O3/c1-13(2)12(21)17-9(19)5-18(13)11(20)7-3-6(14)4-8(15)10(7)16/h3-4H,5H2,1-2H3,(H,17,19,21). The fourth-order valence-corrected chi connectivity index (χ4v) is 3.00. The number of rotatable bonds is 1. The van der Waals surface area contributed by atoms with E-state index in [1.807, 2.05) is 22.6 Å². The van der Waals surface area contributed by atoms with Gasteiger partial charge >= 0.3 is 0 Å². The van der Waals surface area contributed by atoms with E-state index in [9.17, 15) is 14.4 Å². The molecular weight excluding hydrogens is 430 g/mol. The largest absolute Gasteiger partial charge is 0.315 e. The van der Waals surface area contributed by atoms with Crippen molar-refractivity contribution in [2.45, 2.75) is 19.4 Å². The highest BCUT2D eigenvalue weighted by Gasteiger charge is 2.44. The van der Waals surface area contributed by atoms with E-state index in [1.54, 1.807) is 13.8 Å². The monoisotopic (exact) mass is 440 g/mol. The van der Waals surface area contributed by atoms with E-state index in [2.05, 4.69) is 5.32 Å². The maximum absolute atomic E-state index is 12.7. The van der Waals surface area contributed by atoms with Crippen molar-refractivity contribution in [3.05, 3.63) is 31.3 Å². The molecule has 0 atom stereocenters. The first-order chi connectivity index (χ1) is 9.64. The highest BCUT2D eigenvalue weighted by Crippen LogP contribution is 2.30. The molecule has 3 amide bonds. The Balaban J connectivity index is 2.48. The van der Waals surface area contributed by atoms with Crippen molar-refractivity contribution in [3.8, 4) is 0 Å². The maximum atomic E-state index is 12.7. The topological polar surface area (TPSA) is 66.5 Å². The summed E-state index contributed by atoms with van der Waals surface area (Å²) in [5, 5.41) is 2.88. The molecule has 1 aromatic carbocycles. The van der Waals surface area contributed by atoms with Gasteiger partial charge < -0.3 is 4.90 Å². The van der Waals surface area contributed by atoms with E-state index < -0.39 is 23.3 Å². The van der Waals surface area contributed by atoms with Crippen LogP contribution < -0.4 is 5.32 Å². The molecule has 5 nitrogen and oxygen atoms in total. The highest BCUT2D eigenvalue weighted by atomic mass is 127. The second-order valence-corrected chi connectivity index (χ2v) is 7.00. The smallest absolute Gasteiger partial charge is 0.256 e. The van der Waals surface area contributed by atoms with Crippen molar-refractivity contribution in [3.63, 3.8) is 0 Å². The van der Waals surface area contributed by atoms with Gasteiger partial charge in [0.25, 0.3) is 11.8 Å². The van der Waals surface area contributed by atoms with Crippen molar-refractivity contribution >= 4 is 63.5 Å². The number of hydrogen-bond donors (Lipinski definition) is 1. The van der Waals surface area contributed by atoms with E-state index >= 15 is 0 Å². The minimum absolute atomic E-state index is 0.197. The summed E-state index contributed by atoms with van der Waals surface area (Å²) in [6.45, 7) is 2.95. The summed E-state index contributed by atoms with van der Waals surface area (Å²) >= 11 is 13.9. The van der Waals surface area contributed by atoms with Gasteiger partial charge in [-0.3, -0.25) is 19.7 Å². The summed E-state index contributed by atoms with van der Waals surface area (Å²) in [6, 6.07) is 3.01. The van der Waals surface area contributed by atoms with Gasteiger partial charge in [0.15, 0.2) is 0 Å². The van der Waals surface area contributed by atoms with E-state index in [-0.39, 0.29) is 12.1 Å². The molecule has 1 aromatic rings. The molecule has 2 rings (SSSR count). The number of nitrogens with one attached hydrogen (secondary N) is 1. The number of piperazine rings is 1. The zero-order valence-corrected chi connectivity index (χ0v) is 14.8. The third kappa shape index (κ3) is 3.02. The molecule has 21 heavy (non-hydrogen) atoms. The van der Waals surface area contributed by atoms with Crippen LogP contribution in [0.25, 0.3) is 0 Å². The Morgan fingerprint density at radius 1 is 1.33 bits per heavy atom. The Labute approximate surface area is 145 Å². The van der Waals surface area contributed by atoms with Crippen molar-refractivity contribution in [1.82, 2.24) is 10.2 Å². The average molecular weight is 441 g/mol. The molecule has 1 aliphatic heterocycles. The molecule has 1 heterocycles. The van der Waals surface area contributed by atoms with Gasteiger partial charge in [-0.25, -0.2) is 0 Å². The van der Waals surface area contributed by atoms with Gasteiger partial charge in [0.05, 0.1) is 10.6 Å². The molecule has 0 aromatic heterocycles. The predicted octanol–water partition coefficient (Wildman–Crippen LogP) is 2.48. The molecular formula is C13H11Cl2IN2O3. The van der Waals surface area contributed by atoms with E-state index in [4.69, 9.17) is 23.2 Å². The normalized spacial score (nSPS) is 17.7. The van der Waals surface area contributed by atoms with Gasteiger partial charge in [-0.15, -0.1) is 0 Å². The number of amides is 3. The third-order valence-electron chi connectivity index (χ3n) is 3.25. The molecule has 0 unspecified atom stereocenters. The Hall–Kier alpha value is -0.860. The lowest BCUT2D eigenvalue weighted by atomic mass is 9.97. The van der Waals surface area contributed by atoms with Crippen molar-refractivity contribution < 1.29 is 14.4 Å². The van der Waals surface area contributed by atoms with Crippen LogP contribution in [-0.4, -0.2) is 34.7 Å². The van der Waals surface area contributed by atoms with Crippen LogP contribution in [0.1, 0.15) is 24.2 Å². The lowest BCUT2D eigenvalue weighted by Crippen LogP contribution is -2.65. The lowest BCUT2D eigenvalue weighted by molar-refractivity contribution is -0.143. The first kappa shape index (κ1) is 16.5. The number of hydrogen-bond acceptors (Lipinski definition) is 3. The molecule has 0 aliphatic carbocycles. The van der Waals surface area contributed by atoms with Crippen LogP contribution in [-0.2, 0) is 9.59 Å².